The van der Waals surface area contributed by atoms with Crippen LogP contribution in [0.4, 0.5) is 0 Å². The maximum absolute atomic E-state index is 5.17. The highest BCUT2D eigenvalue weighted by atomic mass is 16.5. The van der Waals surface area contributed by atoms with Crippen molar-refractivity contribution in [2.45, 2.75) is 19.8 Å². The Labute approximate surface area is 87.8 Å². The Kier molecular flexibility index (Phi) is 6.15. The van der Waals surface area contributed by atoms with E-state index in [1.165, 1.54) is 32.5 Å². The Morgan fingerprint density at radius 2 is 2.29 bits per heavy atom. The number of ether oxygens (including phenoxy) is 1. The molecule has 84 valence electrons. The van der Waals surface area contributed by atoms with E-state index >= 15 is 0 Å². The monoisotopic (exact) mass is 200 g/mol. The van der Waals surface area contributed by atoms with Gasteiger partial charge in [-0.05, 0) is 31.8 Å². The van der Waals surface area contributed by atoms with Crippen LogP contribution in [0.25, 0.3) is 0 Å². The summed E-state index contributed by atoms with van der Waals surface area (Å²) in [6.07, 6.45) is 2.54. The molecule has 1 aliphatic heterocycles. The summed E-state index contributed by atoms with van der Waals surface area (Å²) in [6, 6.07) is 0. The van der Waals surface area contributed by atoms with Gasteiger partial charge in [-0.1, -0.05) is 6.92 Å². The van der Waals surface area contributed by atoms with Crippen molar-refractivity contribution in [1.29, 1.82) is 0 Å². The highest BCUT2D eigenvalue weighted by molar-refractivity contribution is 4.75. The lowest BCUT2D eigenvalue weighted by atomic mass is 10.1. The Hall–Kier alpha value is -0.120. The average molecular weight is 200 g/mol. The van der Waals surface area contributed by atoms with Gasteiger partial charge in [-0.25, -0.2) is 0 Å². The molecule has 1 fully saturated rings. The van der Waals surface area contributed by atoms with Crippen molar-refractivity contribution in [1.82, 2.24) is 10.2 Å². The largest absolute Gasteiger partial charge is 0.384 e. The fourth-order valence-electron chi connectivity index (χ4n) is 2.03. The van der Waals surface area contributed by atoms with Crippen LogP contribution in [0.2, 0.25) is 0 Å². The summed E-state index contributed by atoms with van der Waals surface area (Å²) in [7, 11) is 1.80. The third kappa shape index (κ3) is 4.40. The standard InChI is InChI=1S/C11H24N2O/c1-3-5-12-6-8-13-7-4-11(9-13)10-14-2/h11-12H,3-10H2,1-2H3. The van der Waals surface area contributed by atoms with Gasteiger partial charge in [-0.2, -0.15) is 0 Å². The molecule has 1 atom stereocenters. The number of likely N-dealkylation sites (tertiary alicyclic amines) is 1. The summed E-state index contributed by atoms with van der Waals surface area (Å²) < 4.78 is 5.17. The van der Waals surface area contributed by atoms with Crippen molar-refractivity contribution in [3.63, 3.8) is 0 Å². The molecule has 0 saturated carbocycles. The van der Waals surface area contributed by atoms with E-state index in [0.29, 0.717) is 0 Å². The first kappa shape index (κ1) is 12.0. The minimum absolute atomic E-state index is 0.770. The van der Waals surface area contributed by atoms with Crippen molar-refractivity contribution in [2.24, 2.45) is 5.92 Å². The highest BCUT2D eigenvalue weighted by Crippen LogP contribution is 2.15. The molecule has 0 aliphatic carbocycles. The average Bonchev–Trinajstić information content (AvgIpc) is 2.61. The third-order valence-electron chi connectivity index (χ3n) is 2.80. The molecular formula is C11H24N2O. The molecule has 3 heteroatoms. The quantitative estimate of drug-likeness (QED) is 0.619. The van der Waals surface area contributed by atoms with Crippen molar-refractivity contribution in [3.8, 4) is 0 Å². The summed E-state index contributed by atoms with van der Waals surface area (Å²) in [6.45, 7) is 9.09. The van der Waals surface area contributed by atoms with Gasteiger partial charge >= 0.3 is 0 Å². The van der Waals surface area contributed by atoms with Gasteiger partial charge in [0.15, 0.2) is 0 Å². The molecule has 14 heavy (non-hydrogen) atoms. The molecule has 0 aromatic heterocycles. The van der Waals surface area contributed by atoms with E-state index in [2.05, 4.69) is 17.1 Å². The van der Waals surface area contributed by atoms with E-state index in [0.717, 1.165) is 25.6 Å². The van der Waals surface area contributed by atoms with Crippen molar-refractivity contribution in [2.75, 3.05) is 46.4 Å². The number of nitrogens with one attached hydrogen (secondary N) is 1. The van der Waals surface area contributed by atoms with E-state index in [9.17, 15) is 0 Å². The lowest BCUT2D eigenvalue weighted by molar-refractivity contribution is 0.153. The Morgan fingerprint density at radius 3 is 3.00 bits per heavy atom. The molecule has 0 aromatic carbocycles. The predicted molar refractivity (Wildman–Crippen MR) is 59.6 cm³/mol. The van der Waals surface area contributed by atoms with Crippen LogP contribution < -0.4 is 5.32 Å². The fraction of sp³-hybridized carbons (Fsp3) is 1.00. The van der Waals surface area contributed by atoms with Crippen molar-refractivity contribution < 1.29 is 4.74 Å². The van der Waals surface area contributed by atoms with Gasteiger partial charge in [0.05, 0.1) is 6.61 Å². The smallest absolute Gasteiger partial charge is 0.0503 e. The van der Waals surface area contributed by atoms with Gasteiger partial charge in [0, 0.05) is 26.7 Å². The number of hydrogen-bond donors (Lipinski definition) is 1. The molecular weight excluding hydrogens is 176 g/mol. The van der Waals surface area contributed by atoms with Crippen molar-refractivity contribution in [3.05, 3.63) is 0 Å². The first-order chi connectivity index (χ1) is 6.86. The minimum atomic E-state index is 0.770. The fourth-order valence-corrected chi connectivity index (χ4v) is 2.03. The SMILES string of the molecule is CCCNCCN1CCC(COC)C1. The third-order valence-corrected chi connectivity index (χ3v) is 2.80. The van der Waals surface area contributed by atoms with Gasteiger partial charge in [0.1, 0.15) is 0 Å². The first-order valence-corrected chi connectivity index (χ1v) is 5.78. The molecule has 1 rings (SSSR count). The second-order valence-electron chi connectivity index (χ2n) is 4.16. The highest BCUT2D eigenvalue weighted by Gasteiger charge is 2.21. The zero-order valence-corrected chi connectivity index (χ0v) is 9.59. The molecule has 1 aliphatic rings. The lowest BCUT2D eigenvalue weighted by Gasteiger charge is -2.15. The molecule has 0 spiro atoms. The van der Waals surface area contributed by atoms with Crippen LogP contribution in [0.3, 0.4) is 0 Å². The first-order valence-electron chi connectivity index (χ1n) is 5.78. The van der Waals surface area contributed by atoms with Gasteiger partial charge in [0.25, 0.3) is 0 Å². The van der Waals surface area contributed by atoms with E-state index < -0.39 is 0 Å². The topological polar surface area (TPSA) is 24.5 Å². The maximum Gasteiger partial charge on any atom is 0.0503 e. The van der Waals surface area contributed by atoms with Crippen LogP contribution in [0.15, 0.2) is 0 Å². The van der Waals surface area contributed by atoms with Gasteiger partial charge in [-0.15, -0.1) is 0 Å². The molecule has 0 radical (unpaired) electrons. The van der Waals surface area contributed by atoms with Crippen LogP contribution in [0.5, 0.6) is 0 Å². The Bertz CT molecular complexity index is 141. The molecule has 3 nitrogen and oxygen atoms in total. The maximum atomic E-state index is 5.17. The number of nitrogens with zero attached hydrogens (tertiary/aromatic N) is 1. The van der Waals surface area contributed by atoms with Crippen LogP contribution >= 0.6 is 0 Å². The summed E-state index contributed by atoms with van der Waals surface area (Å²) in [4.78, 5) is 2.53. The zero-order valence-electron chi connectivity index (χ0n) is 9.59. The van der Waals surface area contributed by atoms with E-state index in [-0.39, 0.29) is 0 Å². The summed E-state index contributed by atoms with van der Waals surface area (Å²) in [5.41, 5.74) is 0. The molecule has 1 unspecified atom stereocenters. The van der Waals surface area contributed by atoms with Crippen LogP contribution in [0.1, 0.15) is 19.8 Å². The van der Waals surface area contributed by atoms with Gasteiger partial charge in [-0.3, -0.25) is 0 Å². The van der Waals surface area contributed by atoms with Gasteiger partial charge in [0.2, 0.25) is 0 Å². The molecule has 0 amide bonds. The predicted octanol–water partition coefficient (Wildman–Crippen LogP) is 0.954. The molecule has 1 N–H and O–H groups in total. The number of methoxy groups -OCH3 is 1. The number of rotatable bonds is 7. The van der Waals surface area contributed by atoms with Crippen molar-refractivity contribution >= 4 is 0 Å². The molecule has 0 bridgehead atoms. The molecule has 1 saturated heterocycles. The second kappa shape index (κ2) is 7.21. The van der Waals surface area contributed by atoms with E-state index in [1.54, 1.807) is 7.11 Å². The lowest BCUT2D eigenvalue weighted by Crippen LogP contribution is -2.31. The molecule has 1 heterocycles. The Balaban J connectivity index is 1.98. The summed E-state index contributed by atoms with van der Waals surface area (Å²) in [5, 5.41) is 3.44. The van der Waals surface area contributed by atoms with Gasteiger partial charge < -0.3 is 15.0 Å². The Morgan fingerprint density at radius 1 is 1.43 bits per heavy atom. The van der Waals surface area contributed by atoms with Crippen LogP contribution in [-0.2, 0) is 4.74 Å². The van der Waals surface area contributed by atoms with E-state index in [1.807, 2.05) is 0 Å². The normalized spacial score (nSPS) is 23.1. The van der Waals surface area contributed by atoms with Crippen LogP contribution in [-0.4, -0.2) is 51.3 Å². The minimum Gasteiger partial charge on any atom is -0.384 e. The zero-order chi connectivity index (χ0) is 10.2. The van der Waals surface area contributed by atoms with E-state index in [4.69, 9.17) is 4.74 Å². The summed E-state index contributed by atoms with van der Waals surface area (Å²) >= 11 is 0. The number of hydrogen-bond acceptors (Lipinski definition) is 3. The molecule has 0 aromatic rings. The summed E-state index contributed by atoms with van der Waals surface area (Å²) in [5.74, 6) is 0.770. The van der Waals surface area contributed by atoms with Crippen LogP contribution in [0, 0.1) is 5.92 Å². The second-order valence-corrected chi connectivity index (χ2v) is 4.16.